The zero-order valence-corrected chi connectivity index (χ0v) is 10.6. The van der Waals surface area contributed by atoms with Crippen molar-refractivity contribution in [1.82, 2.24) is 14.8 Å². The van der Waals surface area contributed by atoms with Crippen molar-refractivity contribution in [3.05, 3.63) is 41.2 Å². The lowest BCUT2D eigenvalue weighted by Gasteiger charge is -2.09. The zero-order chi connectivity index (χ0) is 15.0. The number of carboxylic acids is 1. The van der Waals surface area contributed by atoms with Gasteiger partial charge < -0.3 is 5.11 Å². The second kappa shape index (κ2) is 4.95. The number of benzene rings is 1. The third kappa shape index (κ3) is 2.36. The largest absolute Gasteiger partial charge is 0.475 e. The molecule has 0 fully saturated rings. The van der Waals surface area contributed by atoms with Gasteiger partial charge in [0.25, 0.3) is 5.82 Å². The summed E-state index contributed by atoms with van der Waals surface area (Å²) in [6.45, 7) is 3.37. The number of carboxylic acid groups (broad SMARTS) is 1. The summed E-state index contributed by atoms with van der Waals surface area (Å²) in [5.41, 5.74) is -0.396. The predicted octanol–water partition coefficient (Wildman–Crippen LogP) is 2.51. The van der Waals surface area contributed by atoms with E-state index in [9.17, 15) is 18.0 Å². The van der Waals surface area contributed by atoms with Crippen LogP contribution in [0.3, 0.4) is 0 Å². The molecule has 1 N–H and O–H groups in total. The maximum absolute atomic E-state index is 13.7. The molecule has 2 aromatic rings. The van der Waals surface area contributed by atoms with Gasteiger partial charge in [0.15, 0.2) is 17.5 Å². The molecule has 20 heavy (non-hydrogen) atoms. The van der Waals surface area contributed by atoms with E-state index in [2.05, 4.69) is 10.1 Å². The molecule has 1 heterocycles. The number of hydrogen-bond donors (Lipinski definition) is 1. The Labute approximate surface area is 111 Å². The monoisotopic (exact) mass is 285 g/mol. The summed E-state index contributed by atoms with van der Waals surface area (Å²) in [4.78, 5) is 14.6. The van der Waals surface area contributed by atoms with E-state index in [1.54, 1.807) is 13.8 Å². The molecule has 0 spiro atoms. The molecule has 106 valence electrons. The molecular weight excluding hydrogens is 275 g/mol. The molecule has 0 aliphatic rings. The maximum atomic E-state index is 13.7. The lowest BCUT2D eigenvalue weighted by atomic mass is 10.2. The number of rotatable bonds is 3. The van der Waals surface area contributed by atoms with Gasteiger partial charge in [-0.3, -0.25) is 0 Å². The van der Waals surface area contributed by atoms with E-state index in [0.29, 0.717) is 12.1 Å². The number of nitrogens with zero attached hydrogens (tertiary/aromatic N) is 3. The highest BCUT2D eigenvalue weighted by Gasteiger charge is 2.21. The Balaban J connectivity index is 2.68. The summed E-state index contributed by atoms with van der Waals surface area (Å²) in [6, 6.07) is 0.980. The molecule has 0 radical (unpaired) electrons. The van der Waals surface area contributed by atoms with E-state index in [-0.39, 0.29) is 11.7 Å². The quantitative estimate of drug-likeness (QED) is 0.880. The summed E-state index contributed by atoms with van der Waals surface area (Å²) in [6.07, 6.45) is 0. The first kappa shape index (κ1) is 14.0. The molecule has 0 aliphatic heterocycles. The molecule has 0 saturated carbocycles. The van der Waals surface area contributed by atoms with Crippen molar-refractivity contribution in [2.45, 2.75) is 19.8 Å². The minimum atomic E-state index is -1.39. The van der Waals surface area contributed by atoms with Gasteiger partial charge in [0.05, 0.1) is 0 Å². The topological polar surface area (TPSA) is 68.0 Å². The van der Waals surface area contributed by atoms with Gasteiger partial charge in [0.1, 0.15) is 11.5 Å². The minimum absolute atomic E-state index is 0.132. The van der Waals surface area contributed by atoms with E-state index >= 15 is 0 Å². The van der Waals surface area contributed by atoms with Crippen LogP contribution in [-0.2, 0) is 0 Å². The molecule has 0 aliphatic carbocycles. The smallest absolute Gasteiger partial charge is 0.375 e. The van der Waals surface area contributed by atoms with Gasteiger partial charge in [0, 0.05) is 18.1 Å². The van der Waals surface area contributed by atoms with E-state index in [4.69, 9.17) is 5.11 Å². The molecule has 5 nitrogen and oxygen atoms in total. The number of aromatic nitrogens is 3. The summed E-state index contributed by atoms with van der Waals surface area (Å²) in [5, 5.41) is 12.5. The minimum Gasteiger partial charge on any atom is -0.475 e. The summed E-state index contributed by atoms with van der Waals surface area (Å²) < 4.78 is 40.7. The lowest BCUT2D eigenvalue weighted by molar-refractivity contribution is 0.0683. The van der Waals surface area contributed by atoms with Crippen molar-refractivity contribution >= 4 is 5.97 Å². The zero-order valence-electron chi connectivity index (χ0n) is 10.6. The van der Waals surface area contributed by atoms with Crippen LogP contribution in [0.25, 0.3) is 5.69 Å². The Bertz CT molecular complexity index is 683. The predicted molar refractivity (Wildman–Crippen MR) is 62.3 cm³/mol. The summed E-state index contributed by atoms with van der Waals surface area (Å²) in [7, 11) is 0. The van der Waals surface area contributed by atoms with E-state index < -0.39 is 34.9 Å². The second-order valence-corrected chi connectivity index (χ2v) is 4.38. The molecule has 0 atom stereocenters. The van der Waals surface area contributed by atoms with Gasteiger partial charge in [-0.05, 0) is 0 Å². The normalized spacial score (nSPS) is 11.1. The van der Waals surface area contributed by atoms with Gasteiger partial charge in [-0.2, -0.15) is 0 Å². The number of hydrogen-bond acceptors (Lipinski definition) is 3. The highest BCUT2D eigenvalue weighted by molar-refractivity contribution is 5.83. The molecule has 0 amide bonds. The van der Waals surface area contributed by atoms with Crippen LogP contribution < -0.4 is 0 Å². The third-order valence-electron chi connectivity index (χ3n) is 2.56. The second-order valence-electron chi connectivity index (χ2n) is 4.38. The Hall–Kier alpha value is -2.38. The van der Waals surface area contributed by atoms with Crippen molar-refractivity contribution in [3.63, 3.8) is 0 Å². The summed E-state index contributed by atoms with van der Waals surface area (Å²) in [5.74, 6) is -5.76. The van der Waals surface area contributed by atoms with Crippen LogP contribution in [0.5, 0.6) is 0 Å². The van der Waals surface area contributed by atoms with Crippen LogP contribution in [-0.4, -0.2) is 25.8 Å². The molecule has 0 unspecified atom stereocenters. The van der Waals surface area contributed by atoms with Gasteiger partial charge in [-0.15, -0.1) is 5.10 Å². The van der Waals surface area contributed by atoms with Crippen LogP contribution in [0, 0.1) is 17.5 Å². The fraction of sp³-hybridized carbons (Fsp3) is 0.250. The average molecular weight is 285 g/mol. The molecule has 1 aromatic heterocycles. The fourth-order valence-electron chi connectivity index (χ4n) is 1.64. The first-order valence-electron chi connectivity index (χ1n) is 5.66. The maximum Gasteiger partial charge on any atom is 0.375 e. The number of halogens is 3. The van der Waals surface area contributed by atoms with E-state index in [1.165, 1.54) is 0 Å². The standard InChI is InChI=1S/C12H10F3N3O2/c1-5(2)11-16-10(12(19)20)17-18(11)9-4-7(14)6(13)3-8(9)15/h3-5H,1-2H3,(H,19,20). The van der Waals surface area contributed by atoms with Crippen molar-refractivity contribution in [1.29, 1.82) is 0 Å². The molecule has 8 heteroatoms. The van der Waals surface area contributed by atoms with Crippen LogP contribution in [0.15, 0.2) is 12.1 Å². The molecule has 0 saturated heterocycles. The molecule has 2 rings (SSSR count). The number of carbonyl (C=O) groups is 1. The van der Waals surface area contributed by atoms with Crippen LogP contribution in [0.4, 0.5) is 13.2 Å². The van der Waals surface area contributed by atoms with Gasteiger partial charge >= 0.3 is 5.97 Å². The first-order valence-corrected chi connectivity index (χ1v) is 5.66. The highest BCUT2D eigenvalue weighted by Crippen LogP contribution is 2.22. The van der Waals surface area contributed by atoms with Crippen molar-refractivity contribution in [2.75, 3.05) is 0 Å². The van der Waals surface area contributed by atoms with Gasteiger partial charge in [-0.25, -0.2) is 27.6 Å². The van der Waals surface area contributed by atoms with Crippen LogP contribution >= 0.6 is 0 Å². The van der Waals surface area contributed by atoms with Crippen molar-refractivity contribution in [2.24, 2.45) is 0 Å². The first-order chi connectivity index (χ1) is 9.31. The van der Waals surface area contributed by atoms with Crippen molar-refractivity contribution in [3.8, 4) is 5.69 Å². The molecule has 0 bridgehead atoms. The Morgan fingerprint density at radius 2 is 1.80 bits per heavy atom. The SMILES string of the molecule is CC(C)c1nc(C(=O)O)nn1-c1cc(F)c(F)cc1F. The van der Waals surface area contributed by atoms with Crippen LogP contribution in [0.1, 0.15) is 36.2 Å². The van der Waals surface area contributed by atoms with Crippen LogP contribution in [0.2, 0.25) is 0 Å². The van der Waals surface area contributed by atoms with E-state index in [0.717, 1.165) is 4.68 Å². The average Bonchev–Trinajstić information content (AvgIpc) is 2.78. The van der Waals surface area contributed by atoms with Crippen molar-refractivity contribution < 1.29 is 23.1 Å². The Morgan fingerprint density at radius 1 is 1.20 bits per heavy atom. The van der Waals surface area contributed by atoms with Gasteiger partial charge in [0.2, 0.25) is 0 Å². The summed E-state index contributed by atoms with van der Waals surface area (Å²) >= 11 is 0. The van der Waals surface area contributed by atoms with E-state index in [1.807, 2.05) is 0 Å². The number of aromatic carboxylic acids is 1. The highest BCUT2D eigenvalue weighted by atomic mass is 19.2. The molecule has 1 aromatic carbocycles. The molecular formula is C12H10F3N3O2. The Kier molecular flexibility index (Phi) is 3.47. The fourth-order valence-corrected chi connectivity index (χ4v) is 1.64. The third-order valence-corrected chi connectivity index (χ3v) is 2.56. The lowest BCUT2D eigenvalue weighted by Crippen LogP contribution is -2.08. The van der Waals surface area contributed by atoms with Gasteiger partial charge in [-0.1, -0.05) is 13.8 Å². The Morgan fingerprint density at radius 3 is 2.35 bits per heavy atom.